The van der Waals surface area contributed by atoms with Crippen molar-refractivity contribution in [3.05, 3.63) is 71.2 Å². The summed E-state index contributed by atoms with van der Waals surface area (Å²) < 4.78 is 5.46. The van der Waals surface area contributed by atoms with Crippen LogP contribution in [0.1, 0.15) is 54.2 Å². The summed E-state index contributed by atoms with van der Waals surface area (Å²) >= 11 is 0. The van der Waals surface area contributed by atoms with Gasteiger partial charge in [0.25, 0.3) is 5.91 Å². The highest BCUT2D eigenvalue weighted by atomic mass is 16.6. The first-order chi connectivity index (χ1) is 18.5. The molecular weight excluding hydrogens is 498 g/mol. The molecule has 39 heavy (non-hydrogen) atoms. The van der Waals surface area contributed by atoms with E-state index in [0.717, 1.165) is 0 Å². The molecule has 5 N–H and O–H groups in total. The van der Waals surface area contributed by atoms with E-state index in [4.69, 9.17) is 21.1 Å². The Morgan fingerprint density at radius 3 is 2.56 bits per heavy atom. The van der Waals surface area contributed by atoms with E-state index in [9.17, 15) is 9.59 Å². The van der Waals surface area contributed by atoms with Crippen LogP contribution in [0.5, 0.6) is 0 Å². The van der Waals surface area contributed by atoms with Crippen LogP contribution in [0.4, 0.5) is 22.2 Å². The van der Waals surface area contributed by atoms with Crippen molar-refractivity contribution in [3.8, 4) is 6.07 Å². The topological polar surface area (TPSA) is 183 Å². The van der Waals surface area contributed by atoms with E-state index in [1.54, 1.807) is 35.2 Å². The Morgan fingerprint density at radius 1 is 1.15 bits per heavy atom. The lowest BCUT2D eigenvalue weighted by molar-refractivity contribution is 0.0293. The van der Waals surface area contributed by atoms with E-state index in [2.05, 4.69) is 25.6 Å². The molecule has 3 heterocycles. The molecule has 3 aromatic rings. The number of nitrogens with one attached hydrogen (secondary N) is 3. The van der Waals surface area contributed by atoms with Crippen LogP contribution in [-0.4, -0.2) is 62.3 Å². The molecule has 0 saturated carbocycles. The Hall–Kier alpha value is -5.05. The molecule has 2 amide bonds. The number of ether oxygens (including phenoxy) is 1. The Balaban J connectivity index is 1.46. The zero-order valence-corrected chi connectivity index (χ0v) is 21.9. The van der Waals surface area contributed by atoms with Gasteiger partial charge in [0, 0.05) is 36.5 Å². The largest absolute Gasteiger partial charge is 0.444 e. The average Bonchev–Trinajstić information content (AvgIpc) is 3.36. The van der Waals surface area contributed by atoms with Crippen LogP contribution in [0.3, 0.4) is 0 Å². The van der Waals surface area contributed by atoms with Gasteiger partial charge < -0.3 is 26.0 Å². The maximum absolute atomic E-state index is 12.6. The highest BCUT2D eigenvalue weighted by Gasteiger charge is 2.31. The van der Waals surface area contributed by atoms with Gasteiger partial charge in [-0.1, -0.05) is 12.1 Å². The summed E-state index contributed by atoms with van der Waals surface area (Å²) in [6, 6.07) is 11.3. The van der Waals surface area contributed by atoms with Gasteiger partial charge in [0.1, 0.15) is 29.4 Å². The molecule has 1 fully saturated rings. The number of aromatic nitrogens is 3. The molecule has 0 radical (unpaired) electrons. The predicted octanol–water partition coefficient (Wildman–Crippen LogP) is 3.42. The van der Waals surface area contributed by atoms with Crippen LogP contribution in [0, 0.1) is 16.7 Å². The van der Waals surface area contributed by atoms with Gasteiger partial charge in [0.2, 0.25) is 0 Å². The highest BCUT2D eigenvalue weighted by Crippen LogP contribution is 2.25. The number of nitriles is 1. The third-order valence-corrected chi connectivity index (χ3v) is 5.87. The standard InChI is InChI=1S/C27H29N9O3/c1-27(2,3)39-26(38)36-11-9-19(14-36)34-24-21(23(30)32-15-33-24)22(29)17-4-6-18(7-5-17)25(37)35-20-12-16(13-28)8-10-31-20/h4-8,10,12,15,19,29H,9,11,14H2,1-3H3,(H,31,35,37)(H3,30,32,33,34). The lowest BCUT2D eigenvalue weighted by Crippen LogP contribution is -2.36. The molecule has 12 heteroatoms. The van der Waals surface area contributed by atoms with Crippen LogP contribution in [0.15, 0.2) is 48.9 Å². The molecule has 2 aromatic heterocycles. The predicted molar refractivity (Wildman–Crippen MR) is 146 cm³/mol. The van der Waals surface area contributed by atoms with Crippen molar-refractivity contribution in [1.82, 2.24) is 19.9 Å². The lowest BCUT2D eigenvalue weighted by atomic mass is 10.0. The number of nitrogens with zero attached hydrogens (tertiary/aromatic N) is 5. The van der Waals surface area contributed by atoms with Crippen LogP contribution in [0.2, 0.25) is 0 Å². The second-order valence-corrected chi connectivity index (χ2v) is 9.99. The van der Waals surface area contributed by atoms with Gasteiger partial charge in [-0.25, -0.2) is 19.7 Å². The Kier molecular flexibility index (Phi) is 7.71. The second-order valence-electron chi connectivity index (χ2n) is 9.99. The molecule has 200 valence electrons. The van der Waals surface area contributed by atoms with Gasteiger partial charge in [0.15, 0.2) is 0 Å². The van der Waals surface area contributed by atoms with Gasteiger partial charge in [0.05, 0.1) is 22.9 Å². The number of benzene rings is 1. The summed E-state index contributed by atoms with van der Waals surface area (Å²) in [6.45, 7) is 6.41. The van der Waals surface area contributed by atoms with E-state index < -0.39 is 11.5 Å². The molecule has 1 aliphatic heterocycles. The van der Waals surface area contributed by atoms with Gasteiger partial charge in [-0.3, -0.25) is 10.2 Å². The van der Waals surface area contributed by atoms with Gasteiger partial charge in [-0.15, -0.1) is 0 Å². The summed E-state index contributed by atoms with van der Waals surface area (Å²) in [5.41, 5.74) is 7.20. The van der Waals surface area contributed by atoms with Crippen molar-refractivity contribution < 1.29 is 14.3 Å². The zero-order chi connectivity index (χ0) is 28.2. The minimum absolute atomic E-state index is 0.0768. The maximum atomic E-state index is 12.6. The highest BCUT2D eigenvalue weighted by molar-refractivity contribution is 6.16. The first kappa shape index (κ1) is 27.0. The smallest absolute Gasteiger partial charge is 0.410 e. The van der Waals surface area contributed by atoms with Gasteiger partial charge in [-0.05, 0) is 51.5 Å². The van der Waals surface area contributed by atoms with Crippen LogP contribution in [-0.2, 0) is 4.74 Å². The number of nitrogen functional groups attached to an aromatic ring is 1. The number of nitrogens with two attached hydrogens (primary N) is 1. The molecule has 0 spiro atoms. The molecule has 12 nitrogen and oxygen atoms in total. The number of anilines is 3. The monoisotopic (exact) mass is 527 g/mol. The van der Waals surface area contributed by atoms with E-state index >= 15 is 0 Å². The van der Waals surface area contributed by atoms with E-state index in [-0.39, 0.29) is 29.5 Å². The fourth-order valence-corrected chi connectivity index (χ4v) is 4.01. The van der Waals surface area contributed by atoms with Crippen LogP contribution < -0.4 is 16.4 Å². The third-order valence-electron chi connectivity index (χ3n) is 5.87. The number of likely N-dealkylation sites (tertiary alicyclic amines) is 1. The molecule has 0 aliphatic carbocycles. The quantitative estimate of drug-likeness (QED) is 0.349. The fraction of sp³-hybridized carbons (Fsp3) is 0.296. The first-order valence-corrected chi connectivity index (χ1v) is 12.3. The molecule has 1 atom stereocenters. The van der Waals surface area contributed by atoms with Crippen molar-refractivity contribution >= 4 is 35.2 Å². The van der Waals surface area contributed by atoms with E-state index in [0.29, 0.717) is 47.6 Å². The van der Waals surface area contributed by atoms with E-state index in [1.807, 2.05) is 26.8 Å². The number of hydrogen-bond donors (Lipinski definition) is 4. The average molecular weight is 528 g/mol. The number of carbonyl (C=O) groups is 2. The van der Waals surface area contributed by atoms with Crippen LogP contribution >= 0.6 is 0 Å². The number of pyridine rings is 1. The summed E-state index contributed by atoms with van der Waals surface area (Å²) in [7, 11) is 0. The van der Waals surface area contributed by atoms with Gasteiger partial charge >= 0.3 is 6.09 Å². The van der Waals surface area contributed by atoms with E-state index in [1.165, 1.54) is 18.6 Å². The molecule has 4 rings (SSSR count). The summed E-state index contributed by atoms with van der Waals surface area (Å²) in [5, 5.41) is 23.8. The molecule has 0 bridgehead atoms. The molecule has 1 aromatic carbocycles. The lowest BCUT2D eigenvalue weighted by Gasteiger charge is -2.24. The molecule has 1 unspecified atom stereocenters. The second kappa shape index (κ2) is 11.1. The summed E-state index contributed by atoms with van der Waals surface area (Å²) in [4.78, 5) is 39.1. The number of amides is 2. The maximum Gasteiger partial charge on any atom is 0.410 e. The summed E-state index contributed by atoms with van der Waals surface area (Å²) in [6.07, 6.45) is 3.06. The third kappa shape index (κ3) is 6.64. The minimum atomic E-state index is -0.582. The number of hydrogen-bond acceptors (Lipinski definition) is 10. The molecule has 1 aliphatic rings. The van der Waals surface area contributed by atoms with Crippen molar-refractivity contribution in [2.75, 3.05) is 29.5 Å². The Morgan fingerprint density at radius 2 is 1.87 bits per heavy atom. The number of rotatable bonds is 6. The van der Waals surface area contributed by atoms with Gasteiger partial charge in [-0.2, -0.15) is 5.26 Å². The van der Waals surface area contributed by atoms with Crippen molar-refractivity contribution in [2.24, 2.45) is 0 Å². The number of carbonyl (C=O) groups excluding carboxylic acids is 2. The first-order valence-electron chi connectivity index (χ1n) is 12.3. The Labute approximate surface area is 225 Å². The van der Waals surface area contributed by atoms with Crippen molar-refractivity contribution in [1.29, 1.82) is 10.7 Å². The normalized spacial score (nSPS) is 14.8. The zero-order valence-electron chi connectivity index (χ0n) is 21.9. The van der Waals surface area contributed by atoms with Crippen molar-refractivity contribution in [2.45, 2.75) is 38.8 Å². The molecular formula is C27H29N9O3. The Bertz CT molecular complexity index is 1440. The minimum Gasteiger partial charge on any atom is -0.444 e. The van der Waals surface area contributed by atoms with Crippen molar-refractivity contribution in [3.63, 3.8) is 0 Å². The SMILES string of the molecule is CC(C)(C)OC(=O)N1CCC(Nc2ncnc(N)c2C(=N)c2ccc(C(=O)Nc3cc(C#N)ccn3)cc2)C1. The molecule has 1 saturated heterocycles. The van der Waals surface area contributed by atoms with Crippen LogP contribution in [0.25, 0.3) is 0 Å². The fourth-order valence-electron chi connectivity index (χ4n) is 4.01. The summed E-state index contributed by atoms with van der Waals surface area (Å²) in [5.74, 6) is 0.368.